The van der Waals surface area contributed by atoms with Crippen molar-refractivity contribution in [2.45, 2.75) is 65.0 Å². The zero-order chi connectivity index (χ0) is 14.4. The zero-order valence-electron chi connectivity index (χ0n) is 12.6. The molecule has 3 atom stereocenters. The molecule has 1 rings (SSSR count). The molecule has 3 N–H and O–H groups in total. The normalized spacial score (nSPS) is 27.6. The maximum absolute atomic E-state index is 12.8. The van der Waals surface area contributed by atoms with Crippen LogP contribution in [0, 0.1) is 11.8 Å². The molecule has 0 bridgehead atoms. The van der Waals surface area contributed by atoms with E-state index in [1.165, 1.54) is 0 Å². The standard InChI is InChI=1S/C15H30N2O2/c1-4-13(5-2)17(8-9-18)15(19)14-10-12(16)7-6-11(14)3/h11-14,18H,4-10,16H2,1-3H3. The topological polar surface area (TPSA) is 66.6 Å². The Morgan fingerprint density at radius 3 is 2.53 bits per heavy atom. The number of amides is 1. The molecule has 0 aromatic heterocycles. The van der Waals surface area contributed by atoms with Crippen molar-refractivity contribution in [1.29, 1.82) is 0 Å². The van der Waals surface area contributed by atoms with E-state index in [0.717, 1.165) is 32.1 Å². The first-order chi connectivity index (χ1) is 9.04. The highest BCUT2D eigenvalue weighted by atomic mass is 16.3. The van der Waals surface area contributed by atoms with Gasteiger partial charge in [-0.05, 0) is 38.0 Å². The van der Waals surface area contributed by atoms with Crippen molar-refractivity contribution in [3.63, 3.8) is 0 Å². The number of rotatable bonds is 6. The Hall–Kier alpha value is -0.610. The number of nitrogens with two attached hydrogens (primary N) is 1. The van der Waals surface area contributed by atoms with Crippen LogP contribution in [0.1, 0.15) is 52.9 Å². The second-order valence-electron chi connectivity index (χ2n) is 5.88. The molecule has 1 saturated carbocycles. The molecule has 1 fully saturated rings. The van der Waals surface area contributed by atoms with Crippen molar-refractivity contribution in [2.75, 3.05) is 13.2 Å². The predicted octanol–water partition coefficient (Wildman–Crippen LogP) is 1.76. The lowest BCUT2D eigenvalue weighted by Crippen LogP contribution is -2.48. The summed E-state index contributed by atoms with van der Waals surface area (Å²) in [5.41, 5.74) is 6.02. The molecule has 0 saturated heterocycles. The fourth-order valence-electron chi connectivity index (χ4n) is 3.22. The minimum Gasteiger partial charge on any atom is -0.395 e. The molecular weight excluding hydrogens is 240 g/mol. The third kappa shape index (κ3) is 4.18. The van der Waals surface area contributed by atoms with Crippen LogP contribution < -0.4 is 5.73 Å². The summed E-state index contributed by atoms with van der Waals surface area (Å²) in [7, 11) is 0. The molecule has 1 aliphatic carbocycles. The number of hydrogen-bond donors (Lipinski definition) is 2. The van der Waals surface area contributed by atoms with Crippen LogP contribution in [0.5, 0.6) is 0 Å². The van der Waals surface area contributed by atoms with Gasteiger partial charge in [0.15, 0.2) is 0 Å². The summed E-state index contributed by atoms with van der Waals surface area (Å²) in [6.45, 7) is 6.83. The van der Waals surface area contributed by atoms with Crippen LogP contribution in [-0.4, -0.2) is 41.1 Å². The second-order valence-corrected chi connectivity index (χ2v) is 5.88. The maximum Gasteiger partial charge on any atom is 0.226 e. The van der Waals surface area contributed by atoms with Crippen LogP contribution in [0.15, 0.2) is 0 Å². The van der Waals surface area contributed by atoms with E-state index in [1.807, 2.05) is 4.90 Å². The Balaban J connectivity index is 2.79. The average molecular weight is 270 g/mol. The highest BCUT2D eigenvalue weighted by molar-refractivity contribution is 5.79. The van der Waals surface area contributed by atoms with Crippen molar-refractivity contribution in [3.05, 3.63) is 0 Å². The van der Waals surface area contributed by atoms with E-state index in [0.29, 0.717) is 12.5 Å². The first-order valence-electron chi connectivity index (χ1n) is 7.71. The lowest BCUT2D eigenvalue weighted by molar-refractivity contribution is -0.141. The van der Waals surface area contributed by atoms with E-state index in [1.54, 1.807) is 0 Å². The fourth-order valence-corrected chi connectivity index (χ4v) is 3.22. The van der Waals surface area contributed by atoms with Crippen molar-refractivity contribution in [2.24, 2.45) is 17.6 Å². The van der Waals surface area contributed by atoms with Crippen LogP contribution in [-0.2, 0) is 4.79 Å². The van der Waals surface area contributed by atoms with Gasteiger partial charge in [-0.1, -0.05) is 20.8 Å². The van der Waals surface area contributed by atoms with Crippen LogP contribution in [0.3, 0.4) is 0 Å². The summed E-state index contributed by atoms with van der Waals surface area (Å²) in [6.07, 6.45) is 4.73. The summed E-state index contributed by atoms with van der Waals surface area (Å²) >= 11 is 0. The number of aliphatic hydroxyl groups is 1. The van der Waals surface area contributed by atoms with E-state index < -0.39 is 0 Å². The van der Waals surface area contributed by atoms with Crippen LogP contribution in [0.25, 0.3) is 0 Å². The molecule has 1 aliphatic rings. The maximum atomic E-state index is 12.8. The highest BCUT2D eigenvalue weighted by Gasteiger charge is 2.35. The van der Waals surface area contributed by atoms with Gasteiger partial charge in [0.1, 0.15) is 0 Å². The van der Waals surface area contributed by atoms with Gasteiger partial charge in [-0.25, -0.2) is 0 Å². The van der Waals surface area contributed by atoms with E-state index in [-0.39, 0.29) is 30.5 Å². The van der Waals surface area contributed by atoms with Crippen LogP contribution >= 0.6 is 0 Å². The van der Waals surface area contributed by atoms with E-state index in [4.69, 9.17) is 5.73 Å². The van der Waals surface area contributed by atoms with Gasteiger partial charge in [0.2, 0.25) is 5.91 Å². The molecule has 4 heteroatoms. The molecule has 1 amide bonds. The van der Waals surface area contributed by atoms with Gasteiger partial charge >= 0.3 is 0 Å². The van der Waals surface area contributed by atoms with Gasteiger partial charge in [0.05, 0.1) is 6.61 Å². The SMILES string of the molecule is CCC(CC)N(CCO)C(=O)C1CC(N)CCC1C. The number of nitrogens with zero attached hydrogens (tertiary/aromatic N) is 1. The Labute approximate surface area is 117 Å². The average Bonchev–Trinajstić information content (AvgIpc) is 2.41. The van der Waals surface area contributed by atoms with Crippen molar-refractivity contribution >= 4 is 5.91 Å². The fraction of sp³-hybridized carbons (Fsp3) is 0.933. The van der Waals surface area contributed by atoms with E-state index in [2.05, 4.69) is 20.8 Å². The molecule has 0 aliphatic heterocycles. The highest BCUT2D eigenvalue weighted by Crippen LogP contribution is 2.31. The van der Waals surface area contributed by atoms with Gasteiger partial charge < -0.3 is 15.7 Å². The molecule has 112 valence electrons. The molecule has 0 aromatic rings. The first-order valence-corrected chi connectivity index (χ1v) is 7.71. The lowest BCUT2D eigenvalue weighted by Gasteiger charge is -2.38. The molecule has 0 spiro atoms. The third-order valence-electron chi connectivity index (χ3n) is 4.56. The number of carbonyl (C=O) groups is 1. The van der Waals surface area contributed by atoms with E-state index in [9.17, 15) is 9.90 Å². The van der Waals surface area contributed by atoms with Gasteiger partial charge in [-0.3, -0.25) is 4.79 Å². The first kappa shape index (κ1) is 16.4. The summed E-state index contributed by atoms with van der Waals surface area (Å²) in [6, 6.07) is 0.396. The largest absolute Gasteiger partial charge is 0.395 e. The number of aliphatic hydroxyl groups excluding tert-OH is 1. The van der Waals surface area contributed by atoms with Gasteiger partial charge in [-0.15, -0.1) is 0 Å². The van der Waals surface area contributed by atoms with Crippen LogP contribution in [0.4, 0.5) is 0 Å². The Kier molecular flexibility index (Phi) is 6.80. The third-order valence-corrected chi connectivity index (χ3v) is 4.56. The molecule has 0 radical (unpaired) electrons. The molecule has 0 aromatic carbocycles. The zero-order valence-corrected chi connectivity index (χ0v) is 12.6. The quantitative estimate of drug-likeness (QED) is 0.773. The Morgan fingerprint density at radius 2 is 2.00 bits per heavy atom. The molecule has 4 nitrogen and oxygen atoms in total. The summed E-state index contributed by atoms with van der Waals surface area (Å²) in [5, 5.41) is 9.22. The predicted molar refractivity (Wildman–Crippen MR) is 77.6 cm³/mol. The van der Waals surface area contributed by atoms with Gasteiger partial charge in [0, 0.05) is 24.5 Å². The van der Waals surface area contributed by atoms with Crippen LogP contribution in [0.2, 0.25) is 0 Å². The number of hydrogen-bond acceptors (Lipinski definition) is 3. The second kappa shape index (κ2) is 7.85. The summed E-state index contributed by atoms with van der Waals surface area (Å²) in [4.78, 5) is 14.7. The molecule has 0 heterocycles. The number of carbonyl (C=O) groups excluding carboxylic acids is 1. The minimum atomic E-state index is 0.0371. The van der Waals surface area contributed by atoms with Crippen molar-refractivity contribution < 1.29 is 9.90 Å². The Bertz CT molecular complexity index is 279. The Morgan fingerprint density at radius 1 is 1.37 bits per heavy atom. The monoisotopic (exact) mass is 270 g/mol. The smallest absolute Gasteiger partial charge is 0.226 e. The lowest BCUT2D eigenvalue weighted by atomic mass is 9.77. The summed E-state index contributed by atoms with van der Waals surface area (Å²) in [5.74, 6) is 0.643. The molecule has 3 unspecified atom stereocenters. The molecular formula is C15H30N2O2. The van der Waals surface area contributed by atoms with E-state index >= 15 is 0 Å². The van der Waals surface area contributed by atoms with Crippen molar-refractivity contribution in [1.82, 2.24) is 4.90 Å². The molecule has 19 heavy (non-hydrogen) atoms. The van der Waals surface area contributed by atoms with Crippen molar-refractivity contribution in [3.8, 4) is 0 Å². The minimum absolute atomic E-state index is 0.0371. The van der Waals surface area contributed by atoms with Gasteiger partial charge in [0.25, 0.3) is 0 Å². The summed E-state index contributed by atoms with van der Waals surface area (Å²) < 4.78 is 0. The van der Waals surface area contributed by atoms with Gasteiger partial charge in [-0.2, -0.15) is 0 Å².